The third-order valence-corrected chi connectivity index (χ3v) is 5.07. The van der Waals surface area contributed by atoms with Gasteiger partial charge in [-0.3, -0.25) is 0 Å². The molecule has 0 aromatic heterocycles. The maximum atomic E-state index is 13.6. The molecule has 8 heteroatoms. The monoisotopic (exact) mass is 358 g/mol. The van der Waals surface area contributed by atoms with Gasteiger partial charge in [-0.15, -0.1) is 12.4 Å². The van der Waals surface area contributed by atoms with Crippen molar-refractivity contribution in [3.63, 3.8) is 0 Å². The standard InChI is InChI=1S/C10H12BrFN2O2S.ClH/c11-7-1-2-9(12)10(5-7)17(15,16)14-4-3-8(13)6-14;/h1-2,5,8H,3-4,6,13H2;1H/t8-;/m1./s1. The highest BCUT2D eigenvalue weighted by molar-refractivity contribution is 9.10. The smallest absolute Gasteiger partial charge is 0.246 e. The second-order valence-corrected chi connectivity index (χ2v) is 6.81. The average Bonchev–Trinajstić information content (AvgIpc) is 2.69. The number of halogens is 3. The molecule has 0 saturated carbocycles. The molecule has 0 unspecified atom stereocenters. The Bertz CT molecular complexity index is 541. The van der Waals surface area contributed by atoms with Crippen LogP contribution in [0.3, 0.4) is 0 Å². The first-order valence-corrected chi connectivity index (χ1v) is 7.35. The van der Waals surface area contributed by atoms with Crippen LogP contribution < -0.4 is 5.73 Å². The fourth-order valence-electron chi connectivity index (χ4n) is 1.79. The molecule has 1 aromatic rings. The fourth-order valence-corrected chi connectivity index (χ4v) is 3.90. The topological polar surface area (TPSA) is 63.4 Å². The van der Waals surface area contributed by atoms with Crippen molar-refractivity contribution in [1.82, 2.24) is 4.31 Å². The van der Waals surface area contributed by atoms with Gasteiger partial charge in [0.2, 0.25) is 10.0 Å². The minimum atomic E-state index is -3.78. The van der Waals surface area contributed by atoms with Gasteiger partial charge in [-0.25, -0.2) is 12.8 Å². The molecular formula is C10H13BrClFN2O2S. The summed E-state index contributed by atoms with van der Waals surface area (Å²) in [5.74, 6) is -0.742. The highest BCUT2D eigenvalue weighted by Crippen LogP contribution is 2.25. The molecule has 1 aromatic carbocycles. The third-order valence-electron chi connectivity index (χ3n) is 2.70. The normalized spacial score (nSPS) is 20.7. The Balaban J connectivity index is 0.00000162. The second kappa shape index (κ2) is 5.83. The molecule has 1 fully saturated rings. The molecule has 0 bridgehead atoms. The Hall–Kier alpha value is -0.210. The number of nitrogens with zero attached hydrogens (tertiary/aromatic N) is 1. The van der Waals surface area contributed by atoms with Gasteiger partial charge >= 0.3 is 0 Å². The summed E-state index contributed by atoms with van der Waals surface area (Å²) in [4.78, 5) is -0.305. The predicted molar refractivity (Wildman–Crippen MR) is 72.7 cm³/mol. The largest absolute Gasteiger partial charge is 0.326 e. The van der Waals surface area contributed by atoms with E-state index in [0.29, 0.717) is 17.4 Å². The molecule has 18 heavy (non-hydrogen) atoms. The van der Waals surface area contributed by atoms with E-state index in [9.17, 15) is 12.8 Å². The lowest BCUT2D eigenvalue weighted by Crippen LogP contribution is -2.32. The van der Waals surface area contributed by atoms with Gasteiger partial charge in [0.05, 0.1) is 0 Å². The third kappa shape index (κ3) is 3.03. The summed E-state index contributed by atoms with van der Waals surface area (Å²) in [5, 5.41) is 0. The molecule has 0 radical (unpaired) electrons. The molecule has 4 nitrogen and oxygen atoms in total. The van der Waals surface area contributed by atoms with Crippen LogP contribution in [0.1, 0.15) is 6.42 Å². The van der Waals surface area contributed by atoms with E-state index in [1.54, 1.807) is 0 Å². The van der Waals surface area contributed by atoms with Crippen LogP contribution in [0.15, 0.2) is 27.6 Å². The molecule has 1 atom stereocenters. The van der Waals surface area contributed by atoms with Crippen LogP contribution in [0.2, 0.25) is 0 Å². The van der Waals surface area contributed by atoms with Crippen molar-refractivity contribution >= 4 is 38.4 Å². The van der Waals surface area contributed by atoms with Gasteiger partial charge in [0.15, 0.2) is 0 Å². The number of hydrogen-bond donors (Lipinski definition) is 1. The number of nitrogens with two attached hydrogens (primary N) is 1. The van der Waals surface area contributed by atoms with Gasteiger partial charge in [0.1, 0.15) is 10.7 Å². The van der Waals surface area contributed by atoms with E-state index in [2.05, 4.69) is 15.9 Å². The fraction of sp³-hybridized carbons (Fsp3) is 0.400. The summed E-state index contributed by atoms with van der Waals surface area (Å²) < 4.78 is 39.6. The zero-order valence-electron chi connectivity index (χ0n) is 9.34. The predicted octanol–water partition coefficient (Wildman–Crippen LogP) is 1.73. The minimum Gasteiger partial charge on any atom is -0.326 e. The molecule has 0 spiro atoms. The van der Waals surface area contributed by atoms with Crippen molar-refractivity contribution in [2.75, 3.05) is 13.1 Å². The van der Waals surface area contributed by atoms with Crippen molar-refractivity contribution in [3.8, 4) is 0 Å². The van der Waals surface area contributed by atoms with Crippen molar-refractivity contribution < 1.29 is 12.8 Å². The van der Waals surface area contributed by atoms with E-state index in [-0.39, 0.29) is 29.9 Å². The first-order chi connectivity index (χ1) is 7.91. The van der Waals surface area contributed by atoms with Gasteiger partial charge in [-0.05, 0) is 24.6 Å². The highest BCUT2D eigenvalue weighted by atomic mass is 79.9. The summed E-state index contributed by atoms with van der Waals surface area (Å²) in [6.45, 7) is 0.587. The molecule has 2 N–H and O–H groups in total. The van der Waals surface area contributed by atoms with Crippen LogP contribution >= 0.6 is 28.3 Å². The summed E-state index contributed by atoms with van der Waals surface area (Å²) in [6, 6.07) is 3.70. The Morgan fingerprint density at radius 2 is 2.11 bits per heavy atom. The number of sulfonamides is 1. The molecule has 102 valence electrons. The minimum absolute atomic E-state index is 0. The van der Waals surface area contributed by atoms with E-state index in [1.807, 2.05) is 0 Å². The number of benzene rings is 1. The molecule has 1 aliphatic rings. The zero-order valence-corrected chi connectivity index (χ0v) is 12.6. The first kappa shape index (κ1) is 15.8. The summed E-state index contributed by atoms with van der Waals surface area (Å²) in [6.07, 6.45) is 0.606. The average molecular weight is 360 g/mol. The van der Waals surface area contributed by atoms with Gasteiger partial charge in [0.25, 0.3) is 0 Å². The van der Waals surface area contributed by atoms with Crippen molar-refractivity contribution in [1.29, 1.82) is 0 Å². The van der Waals surface area contributed by atoms with E-state index in [0.717, 1.165) is 6.07 Å². The van der Waals surface area contributed by atoms with E-state index >= 15 is 0 Å². The lowest BCUT2D eigenvalue weighted by molar-refractivity contribution is 0.465. The van der Waals surface area contributed by atoms with Gasteiger partial charge in [-0.1, -0.05) is 15.9 Å². The summed E-state index contributed by atoms with van der Waals surface area (Å²) in [7, 11) is -3.78. The molecule has 0 aliphatic carbocycles. The lowest BCUT2D eigenvalue weighted by atomic mass is 10.3. The molecule has 2 rings (SSSR count). The van der Waals surface area contributed by atoms with Crippen LogP contribution in [0.5, 0.6) is 0 Å². The van der Waals surface area contributed by atoms with E-state index in [4.69, 9.17) is 5.73 Å². The van der Waals surface area contributed by atoms with Gasteiger partial charge in [-0.2, -0.15) is 4.31 Å². The lowest BCUT2D eigenvalue weighted by Gasteiger charge is -2.16. The molecule has 1 heterocycles. The van der Waals surface area contributed by atoms with Gasteiger partial charge < -0.3 is 5.73 Å². The van der Waals surface area contributed by atoms with E-state index < -0.39 is 15.8 Å². The highest BCUT2D eigenvalue weighted by Gasteiger charge is 2.32. The van der Waals surface area contributed by atoms with Gasteiger partial charge in [0, 0.05) is 23.6 Å². The zero-order chi connectivity index (χ0) is 12.6. The molecular weight excluding hydrogens is 347 g/mol. The Morgan fingerprint density at radius 3 is 2.67 bits per heavy atom. The van der Waals surface area contributed by atoms with Crippen molar-refractivity contribution in [3.05, 3.63) is 28.5 Å². The van der Waals surface area contributed by atoms with Crippen LogP contribution in [-0.2, 0) is 10.0 Å². The SMILES string of the molecule is Cl.N[C@@H]1CCN(S(=O)(=O)c2cc(Br)ccc2F)C1. The van der Waals surface area contributed by atoms with Crippen LogP contribution in [0, 0.1) is 5.82 Å². The number of rotatable bonds is 2. The molecule has 0 amide bonds. The van der Waals surface area contributed by atoms with E-state index in [1.165, 1.54) is 16.4 Å². The van der Waals surface area contributed by atoms with Crippen LogP contribution in [0.25, 0.3) is 0 Å². The molecule has 1 saturated heterocycles. The second-order valence-electron chi connectivity index (χ2n) is 3.99. The Kier molecular flexibility index (Phi) is 5.13. The first-order valence-electron chi connectivity index (χ1n) is 5.12. The Morgan fingerprint density at radius 1 is 1.44 bits per heavy atom. The molecule has 1 aliphatic heterocycles. The van der Waals surface area contributed by atoms with Crippen molar-refractivity contribution in [2.45, 2.75) is 17.4 Å². The van der Waals surface area contributed by atoms with Crippen LogP contribution in [-0.4, -0.2) is 31.9 Å². The summed E-state index contributed by atoms with van der Waals surface area (Å²) >= 11 is 3.13. The summed E-state index contributed by atoms with van der Waals surface area (Å²) in [5.41, 5.74) is 5.66. The Labute approximate surface area is 120 Å². The maximum absolute atomic E-state index is 13.6. The maximum Gasteiger partial charge on any atom is 0.246 e. The van der Waals surface area contributed by atoms with Crippen LogP contribution in [0.4, 0.5) is 4.39 Å². The van der Waals surface area contributed by atoms with Crippen molar-refractivity contribution in [2.24, 2.45) is 5.73 Å². The number of hydrogen-bond acceptors (Lipinski definition) is 3. The quantitative estimate of drug-likeness (QED) is 0.875.